The van der Waals surface area contributed by atoms with Gasteiger partial charge in [0.05, 0.1) is 27.8 Å². The first-order chi connectivity index (χ1) is 25.2. The molecule has 3 nitrogen and oxygen atoms in total. The van der Waals surface area contributed by atoms with Crippen molar-refractivity contribution in [3.63, 3.8) is 0 Å². The van der Waals surface area contributed by atoms with Crippen LogP contribution < -0.4 is 4.90 Å². The van der Waals surface area contributed by atoms with Crippen molar-refractivity contribution < 1.29 is 8.53 Å². The number of aryl methyl sites for hydroxylation is 1. The van der Waals surface area contributed by atoms with Gasteiger partial charge < -0.3 is 13.9 Å². The predicted octanol–water partition coefficient (Wildman–Crippen LogP) is 12.8. The smallest absolute Gasteiger partial charge is 0.137 e. The van der Waals surface area contributed by atoms with E-state index in [-0.39, 0.29) is 0 Å². The highest BCUT2D eigenvalue weighted by Crippen LogP contribution is 2.58. The molecular formula is C46H34N2O. The molecule has 49 heavy (non-hydrogen) atoms. The molecule has 1 aliphatic rings. The average Bonchev–Trinajstić information content (AvgIpc) is 3.78. The summed E-state index contributed by atoms with van der Waals surface area (Å²) in [6.07, 6.45) is 0. The Labute approximate surface area is 289 Å². The fourth-order valence-corrected chi connectivity index (χ4v) is 8.39. The highest BCUT2D eigenvalue weighted by Gasteiger charge is 2.42. The minimum atomic E-state index is -2.25. The quantitative estimate of drug-likeness (QED) is 0.192. The molecule has 0 saturated heterocycles. The standard InChI is InChI=1S/C46H34N2O/c1-29-25-26-36-35(27-29)43-44(46(36,2)3)39(28-34-32-19-10-12-21-37(32)48(45(34)43)31-17-8-5-9-18-31)47(30-15-6-4-7-16-30)38-22-14-24-41-42(38)33-20-11-13-23-40(33)49-41/h4-28H,1-3H3/i1D3. The van der Waals surface area contributed by atoms with Crippen LogP contribution in [0.5, 0.6) is 0 Å². The van der Waals surface area contributed by atoms with Crippen LogP contribution in [-0.2, 0) is 5.41 Å². The number of aromatic nitrogens is 1. The molecule has 2 heterocycles. The van der Waals surface area contributed by atoms with Crippen molar-refractivity contribution in [2.24, 2.45) is 0 Å². The molecule has 0 fully saturated rings. The lowest BCUT2D eigenvalue weighted by atomic mass is 9.80. The summed E-state index contributed by atoms with van der Waals surface area (Å²) in [5, 5.41) is 4.32. The summed E-state index contributed by atoms with van der Waals surface area (Å²) in [6.45, 7) is 2.29. The molecule has 0 atom stereocenters. The van der Waals surface area contributed by atoms with Crippen LogP contribution in [0, 0.1) is 6.85 Å². The lowest BCUT2D eigenvalue weighted by Gasteiger charge is -2.33. The van der Waals surface area contributed by atoms with Crippen LogP contribution in [0.1, 0.15) is 34.7 Å². The summed E-state index contributed by atoms with van der Waals surface area (Å²) < 4.78 is 34.1. The molecule has 0 N–H and O–H groups in total. The minimum Gasteiger partial charge on any atom is -0.456 e. The van der Waals surface area contributed by atoms with Gasteiger partial charge in [0.2, 0.25) is 0 Å². The third-order valence-electron chi connectivity index (χ3n) is 10.4. The Bertz CT molecular complexity index is 2860. The van der Waals surface area contributed by atoms with Gasteiger partial charge in [0, 0.05) is 42.6 Å². The number of para-hydroxylation sites is 4. The number of benzene rings is 7. The first-order valence-electron chi connectivity index (χ1n) is 18.3. The van der Waals surface area contributed by atoms with Crippen LogP contribution in [0.25, 0.3) is 60.6 Å². The van der Waals surface area contributed by atoms with Crippen molar-refractivity contribution in [3.05, 3.63) is 168 Å². The Balaban J connectivity index is 1.42. The van der Waals surface area contributed by atoms with Gasteiger partial charge in [0.1, 0.15) is 11.2 Å². The SMILES string of the molecule is [2H]C([2H])([2H])c1ccc2c(c1)-c1c(c(N(c3ccccc3)c3cccc4oc5ccccc5c34)cc3c4ccccc4n(-c4ccccc4)c13)C2(C)C. The Morgan fingerprint density at radius 3 is 2.16 bits per heavy atom. The van der Waals surface area contributed by atoms with Crippen LogP contribution in [-0.4, -0.2) is 4.57 Å². The van der Waals surface area contributed by atoms with E-state index in [1.165, 1.54) is 0 Å². The Kier molecular flexibility index (Phi) is 5.22. The number of nitrogens with zero attached hydrogens (tertiary/aromatic N) is 2. The number of hydrogen-bond acceptors (Lipinski definition) is 2. The van der Waals surface area contributed by atoms with Crippen molar-refractivity contribution in [3.8, 4) is 16.8 Å². The lowest BCUT2D eigenvalue weighted by Crippen LogP contribution is -2.21. The van der Waals surface area contributed by atoms with Crippen LogP contribution >= 0.6 is 0 Å². The molecule has 10 rings (SSSR count). The number of hydrogen-bond donors (Lipinski definition) is 0. The Hall–Kier alpha value is -6.06. The van der Waals surface area contributed by atoms with Crippen molar-refractivity contribution in [2.45, 2.75) is 26.1 Å². The molecule has 9 aromatic rings. The van der Waals surface area contributed by atoms with E-state index in [1.807, 2.05) is 42.5 Å². The summed E-state index contributed by atoms with van der Waals surface area (Å²) in [6, 6.07) is 52.2. The van der Waals surface area contributed by atoms with Crippen LogP contribution in [0.2, 0.25) is 0 Å². The maximum Gasteiger partial charge on any atom is 0.137 e. The minimum absolute atomic E-state index is 0.338. The van der Waals surface area contributed by atoms with Gasteiger partial charge in [-0.2, -0.15) is 0 Å². The topological polar surface area (TPSA) is 21.3 Å². The molecule has 0 radical (unpaired) electrons. The van der Waals surface area contributed by atoms with E-state index in [0.29, 0.717) is 5.56 Å². The summed E-state index contributed by atoms with van der Waals surface area (Å²) in [7, 11) is 0. The molecular weight excluding hydrogens is 597 g/mol. The lowest BCUT2D eigenvalue weighted by molar-refractivity contribution is 0.661. The van der Waals surface area contributed by atoms with E-state index >= 15 is 0 Å². The first kappa shape index (κ1) is 25.0. The van der Waals surface area contributed by atoms with Gasteiger partial charge in [-0.05, 0) is 78.1 Å². The second-order valence-electron chi connectivity index (χ2n) is 13.5. The zero-order valence-corrected chi connectivity index (χ0v) is 27.2. The van der Waals surface area contributed by atoms with E-state index in [0.717, 1.165) is 88.7 Å². The highest BCUT2D eigenvalue weighted by molar-refractivity contribution is 6.19. The van der Waals surface area contributed by atoms with E-state index in [2.05, 4.69) is 126 Å². The van der Waals surface area contributed by atoms with Crippen molar-refractivity contribution in [1.82, 2.24) is 4.57 Å². The molecule has 0 aliphatic heterocycles. The Morgan fingerprint density at radius 2 is 1.35 bits per heavy atom. The van der Waals surface area contributed by atoms with E-state index in [1.54, 1.807) is 6.07 Å². The summed E-state index contributed by atoms with van der Waals surface area (Å²) >= 11 is 0. The van der Waals surface area contributed by atoms with Crippen LogP contribution in [0.15, 0.2) is 156 Å². The van der Waals surface area contributed by atoms with Crippen molar-refractivity contribution >= 4 is 60.8 Å². The average molecular weight is 634 g/mol. The third-order valence-corrected chi connectivity index (χ3v) is 10.4. The third kappa shape index (κ3) is 3.90. The van der Waals surface area contributed by atoms with Gasteiger partial charge in [-0.25, -0.2) is 0 Å². The van der Waals surface area contributed by atoms with Crippen LogP contribution in [0.4, 0.5) is 17.1 Å². The van der Waals surface area contributed by atoms with Gasteiger partial charge in [-0.15, -0.1) is 0 Å². The van der Waals surface area contributed by atoms with Gasteiger partial charge in [-0.1, -0.05) is 116 Å². The number of anilines is 3. The maximum absolute atomic E-state index is 8.42. The predicted molar refractivity (Wildman–Crippen MR) is 205 cm³/mol. The molecule has 0 amide bonds. The first-order valence-corrected chi connectivity index (χ1v) is 16.8. The molecule has 234 valence electrons. The van der Waals surface area contributed by atoms with Gasteiger partial charge >= 0.3 is 0 Å². The zero-order valence-electron chi connectivity index (χ0n) is 30.2. The molecule has 2 aromatic heterocycles. The van der Waals surface area contributed by atoms with E-state index in [4.69, 9.17) is 8.53 Å². The number of furan rings is 1. The van der Waals surface area contributed by atoms with E-state index in [9.17, 15) is 0 Å². The fraction of sp³-hybridized carbons (Fsp3) is 0.0870. The zero-order chi connectivity index (χ0) is 35.4. The maximum atomic E-state index is 8.42. The number of fused-ring (bicyclic) bond motifs is 10. The molecule has 3 heteroatoms. The van der Waals surface area contributed by atoms with Crippen molar-refractivity contribution in [1.29, 1.82) is 0 Å². The van der Waals surface area contributed by atoms with Crippen LogP contribution in [0.3, 0.4) is 0 Å². The normalized spacial score (nSPS) is 14.5. The van der Waals surface area contributed by atoms with E-state index < -0.39 is 12.3 Å². The summed E-state index contributed by atoms with van der Waals surface area (Å²) in [5.41, 5.74) is 12.1. The van der Waals surface area contributed by atoms with Gasteiger partial charge in [0.25, 0.3) is 0 Å². The molecule has 0 unspecified atom stereocenters. The number of rotatable bonds is 4. The van der Waals surface area contributed by atoms with Gasteiger partial charge in [0.15, 0.2) is 0 Å². The summed E-state index contributed by atoms with van der Waals surface area (Å²) in [5.74, 6) is 0. The molecule has 7 aromatic carbocycles. The second kappa shape index (κ2) is 10.2. The monoisotopic (exact) mass is 633 g/mol. The van der Waals surface area contributed by atoms with Gasteiger partial charge in [-0.3, -0.25) is 0 Å². The molecule has 0 saturated carbocycles. The molecule has 1 aliphatic carbocycles. The second-order valence-corrected chi connectivity index (χ2v) is 13.5. The molecule has 0 spiro atoms. The van der Waals surface area contributed by atoms with Crippen molar-refractivity contribution in [2.75, 3.05) is 4.90 Å². The summed E-state index contributed by atoms with van der Waals surface area (Å²) in [4.78, 5) is 2.38. The largest absolute Gasteiger partial charge is 0.456 e. The Morgan fingerprint density at radius 1 is 0.633 bits per heavy atom. The fourth-order valence-electron chi connectivity index (χ4n) is 8.39. The highest BCUT2D eigenvalue weighted by atomic mass is 16.3. The molecule has 0 bridgehead atoms.